The van der Waals surface area contributed by atoms with Gasteiger partial charge in [-0.2, -0.15) is 0 Å². The Morgan fingerprint density at radius 2 is 2.11 bits per heavy atom. The zero-order valence-electron chi connectivity index (χ0n) is 11.0. The zero-order valence-corrected chi connectivity index (χ0v) is 11.8. The molecule has 1 aromatic rings. The molecule has 0 aromatic heterocycles. The van der Waals surface area contributed by atoms with Crippen LogP contribution in [0.5, 0.6) is 0 Å². The van der Waals surface area contributed by atoms with Gasteiger partial charge >= 0.3 is 0 Å². The number of nitrogens with two attached hydrogens (primary N) is 1. The van der Waals surface area contributed by atoms with Gasteiger partial charge in [0, 0.05) is 26.3 Å². The average molecular weight is 283 g/mol. The van der Waals surface area contributed by atoms with Gasteiger partial charge in [-0.25, -0.2) is 12.7 Å². The zero-order chi connectivity index (χ0) is 14.2. The topological polar surface area (TPSA) is 83.7 Å². The minimum atomic E-state index is -3.46. The summed E-state index contributed by atoms with van der Waals surface area (Å²) in [5, 5.41) is 0. The van der Waals surface area contributed by atoms with E-state index in [9.17, 15) is 13.2 Å². The average Bonchev–Trinajstić information content (AvgIpc) is 2.71. The van der Waals surface area contributed by atoms with Crippen molar-refractivity contribution in [2.45, 2.75) is 11.3 Å². The highest BCUT2D eigenvalue weighted by Gasteiger charge is 2.24. The molecule has 1 amide bonds. The Morgan fingerprint density at radius 3 is 2.68 bits per heavy atom. The molecule has 0 spiro atoms. The van der Waals surface area contributed by atoms with Crippen LogP contribution < -0.4 is 10.6 Å². The SMILES string of the molecule is CN(C)S(=O)(=O)c1ccc2c(c1)N(CC(N)=O)CC2. The van der Waals surface area contributed by atoms with E-state index in [2.05, 4.69) is 0 Å². The minimum absolute atomic E-state index is 0.110. The van der Waals surface area contributed by atoms with E-state index in [4.69, 9.17) is 5.73 Å². The first-order valence-electron chi connectivity index (χ1n) is 5.91. The van der Waals surface area contributed by atoms with Gasteiger partial charge in [-0.3, -0.25) is 4.79 Å². The van der Waals surface area contributed by atoms with Crippen LogP contribution in [-0.4, -0.2) is 45.8 Å². The highest BCUT2D eigenvalue weighted by molar-refractivity contribution is 7.89. The molecule has 0 bridgehead atoms. The van der Waals surface area contributed by atoms with E-state index in [0.29, 0.717) is 6.54 Å². The fourth-order valence-corrected chi connectivity index (χ4v) is 3.07. The Balaban J connectivity index is 2.41. The highest BCUT2D eigenvalue weighted by atomic mass is 32.2. The van der Waals surface area contributed by atoms with Crippen molar-refractivity contribution in [1.82, 2.24) is 4.31 Å². The summed E-state index contributed by atoms with van der Waals surface area (Å²) in [4.78, 5) is 13.1. The number of carbonyl (C=O) groups excluding carboxylic acids is 1. The Hall–Kier alpha value is -1.60. The maximum absolute atomic E-state index is 12.1. The van der Waals surface area contributed by atoms with Crippen LogP contribution in [0.3, 0.4) is 0 Å². The molecular formula is C12H17N3O3S. The molecule has 0 unspecified atom stereocenters. The van der Waals surface area contributed by atoms with Gasteiger partial charge < -0.3 is 10.6 Å². The van der Waals surface area contributed by atoms with Gasteiger partial charge in [0.15, 0.2) is 0 Å². The lowest BCUT2D eigenvalue weighted by Gasteiger charge is -2.18. The Morgan fingerprint density at radius 1 is 1.42 bits per heavy atom. The fourth-order valence-electron chi connectivity index (χ4n) is 2.15. The van der Waals surface area contributed by atoms with Gasteiger partial charge in [0.25, 0.3) is 0 Å². The standard InChI is InChI=1S/C12H17N3O3S/c1-14(2)19(17,18)10-4-3-9-5-6-15(8-12(13)16)11(9)7-10/h3-4,7H,5-6,8H2,1-2H3,(H2,13,16). The molecule has 1 aromatic carbocycles. The predicted molar refractivity (Wildman–Crippen MR) is 72.4 cm³/mol. The highest BCUT2D eigenvalue weighted by Crippen LogP contribution is 2.30. The van der Waals surface area contributed by atoms with Crippen molar-refractivity contribution in [2.75, 3.05) is 32.1 Å². The molecule has 0 saturated heterocycles. The van der Waals surface area contributed by atoms with Crippen LogP contribution in [-0.2, 0) is 21.2 Å². The molecule has 6 nitrogen and oxygen atoms in total. The van der Waals surface area contributed by atoms with Crippen LogP contribution in [0.25, 0.3) is 0 Å². The number of hydrogen-bond acceptors (Lipinski definition) is 4. The number of amides is 1. The smallest absolute Gasteiger partial charge is 0.242 e. The second kappa shape index (κ2) is 4.82. The molecule has 0 fully saturated rings. The summed E-state index contributed by atoms with van der Waals surface area (Å²) in [7, 11) is -0.480. The molecule has 0 aliphatic carbocycles. The molecule has 104 valence electrons. The fraction of sp³-hybridized carbons (Fsp3) is 0.417. The maximum atomic E-state index is 12.1. The third-order valence-corrected chi connectivity index (χ3v) is 4.98. The molecule has 0 radical (unpaired) electrons. The molecule has 1 aliphatic heterocycles. The summed E-state index contributed by atoms with van der Waals surface area (Å²) in [6.07, 6.45) is 0.797. The molecular weight excluding hydrogens is 266 g/mol. The number of rotatable bonds is 4. The number of fused-ring (bicyclic) bond motifs is 1. The summed E-state index contributed by atoms with van der Waals surface area (Å²) < 4.78 is 25.3. The first kappa shape index (κ1) is 13.8. The van der Waals surface area contributed by atoms with Crippen LogP contribution in [0.1, 0.15) is 5.56 Å². The van der Waals surface area contributed by atoms with Crippen molar-refractivity contribution in [3.05, 3.63) is 23.8 Å². The maximum Gasteiger partial charge on any atom is 0.242 e. The van der Waals surface area contributed by atoms with Crippen LogP contribution in [0.15, 0.2) is 23.1 Å². The van der Waals surface area contributed by atoms with Gasteiger partial charge in [-0.15, -0.1) is 0 Å². The first-order valence-corrected chi connectivity index (χ1v) is 7.35. The number of carbonyl (C=O) groups is 1. The number of anilines is 1. The summed E-state index contributed by atoms with van der Waals surface area (Å²) in [6, 6.07) is 5.01. The van der Waals surface area contributed by atoms with E-state index < -0.39 is 15.9 Å². The Labute approximate surface area is 112 Å². The van der Waals surface area contributed by atoms with Gasteiger partial charge in [0.05, 0.1) is 11.4 Å². The van der Waals surface area contributed by atoms with E-state index in [-0.39, 0.29) is 11.4 Å². The quantitative estimate of drug-likeness (QED) is 0.828. The third-order valence-electron chi connectivity index (χ3n) is 3.17. The lowest BCUT2D eigenvalue weighted by atomic mass is 10.2. The van der Waals surface area contributed by atoms with Gasteiger partial charge in [-0.1, -0.05) is 6.07 Å². The second-order valence-electron chi connectivity index (χ2n) is 4.72. The first-order chi connectivity index (χ1) is 8.82. The molecule has 1 aliphatic rings. The largest absolute Gasteiger partial charge is 0.368 e. The molecule has 2 N–H and O–H groups in total. The Bertz CT molecular complexity index is 611. The van der Waals surface area contributed by atoms with E-state index in [1.54, 1.807) is 18.2 Å². The third kappa shape index (κ3) is 2.57. The summed E-state index contributed by atoms with van der Waals surface area (Å²) >= 11 is 0. The Kier molecular flexibility index (Phi) is 3.51. The molecule has 0 atom stereocenters. The lowest BCUT2D eigenvalue weighted by molar-refractivity contribution is -0.116. The van der Waals surface area contributed by atoms with Crippen molar-refractivity contribution < 1.29 is 13.2 Å². The van der Waals surface area contributed by atoms with Gasteiger partial charge in [0.1, 0.15) is 0 Å². The number of nitrogens with zero attached hydrogens (tertiary/aromatic N) is 2. The molecule has 7 heteroatoms. The normalized spacial score (nSPS) is 14.8. The van der Waals surface area contributed by atoms with Crippen molar-refractivity contribution in [2.24, 2.45) is 5.73 Å². The summed E-state index contributed by atoms with van der Waals surface area (Å²) in [5.74, 6) is -0.422. The van der Waals surface area contributed by atoms with Crippen molar-refractivity contribution in [3.8, 4) is 0 Å². The van der Waals surface area contributed by atoms with Crippen LogP contribution in [0.4, 0.5) is 5.69 Å². The summed E-state index contributed by atoms with van der Waals surface area (Å²) in [5.41, 5.74) is 7.01. The van der Waals surface area contributed by atoms with E-state index in [1.165, 1.54) is 18.4 Å². The van der Waals surface area contributed by atoms with Crippen LogP contribution in [0.2, 0.25) is 0 Å². The van der Waals surface area contributed by atoms with Crippen LogP contribution in [0, 0.1) is 0 Å². The number of primary amides is 1. The van der Waals surface area contributed by atoms with E-state index >= 15 is 0 Å². The van der Waals surface area contributed by atoms with Crippen LogP contribution >= 0.6 is 0 Å². The van der Waals surface area contributed by atoms with Crippen molar-refractivity contribution in [3.63, 3.8) is 0 Å². The second-order valence-corrected chi connectivity index (χ2v) is 6.87. The minimum Gasteiger partial charge on any atom is -0.368 e. The molecule has 19 heavy (non-hydrogen) atoms. The van der Waals surface area contributed by atoms with E-state index in [1.807, 2.05) is 4.90 Å². The van der Waals surface area contributed by atoms with Gasteiger partial charge in [-0.05, 0) is 24.1 Å². The predicted octanol–water partition coefficient (Wildman–Crippen LogP) is -0.215. The molecule has 2 rings (SSSR count). The molecule has 0 saturated carbocycles. The van der Waals surface area contributed by atoms with Crippen molar-refractivity contribution in [1.29, 1.82) is 0 Å². The van der Waals surface area contributed by atoms with Gasteiger partial charge in [0.2, 0.25) is 15.9 Å². The van der Waals surface area contributed by atoms with E-state index in [0.717, 1.165) is 17.7 Å². The monoisotopic (exact) mass is 283 g/mol. The molecule has 1 heterocycles. The summed E-state index contributed by atoms with van der Waals surface area (Å²) in [6.45, 7) is 0.794. The number of hydrogen-bond donors (Lipinski definition) is 1. The number of sulfonamides is 1. The van der Waals surface area contributed by atoms with Crippen molar-refractivity contribution >= 4 is 21.6 Å². The number of benzene rings is 1. The lowest BCUT2D eigenvalue weighted by Crippen LogP contribution is -2.32.